The van der Waals surface area contributed by atoms with Crippen LogP contribution in [0.3, 0.4) is 0 Å². The topological polar surface area (TPSA) is 0 Å². The number of rotatable bonds is 1. The number of benzene rings is 2. The van der Waals surface area contributed by atoms with Crippen molar-refractivity contribution in [3.63, 3.8) is 0 Å². The summed E-state index contributed by atoms with van der Waals surface area (Å²) in [5.41, 5.74) is 2.06. The highest BCUT2D eigenvalue weighted by Crippen LogP contribution is 2.21. The van der Waals surface area contributed by atoms with E-state index in [1.54, 1.807) is 18.2 Å². The lowest BCUT2D eigenvalue weighted by molar-refractivity contribution is 0.626. The van der Waals surface area contributed by atoms with Gasteiger partial charge in [0.15, 0.2) is 0 Å². The zero-order valence-corrected chi connectivity index (χ0v) is 8.30. The molecule has 0 heterocycles. The molecule has 2 aromatic rings. The summed E-state index contributed by atoms with van der Waals surface area (Å²) in [7, 11) is 1.83. The zero-order chi connectivity index (χ0) is 10.8. The van der Waals surface area contributed by atoms with Crippen molar-refractivity contribution in [3.05, 3.63) is 54.1 Å². The molecule has 3 heteroatoms. The van der Waals surface area contributed by atoms with Crippen molar-refractivity contribution < 1.29 is 8.78 Å². The van der Waals surface area contributed by atoms with Gasteiger partial charge in [-0.3, -0.25) is 0 Å². The quantitative estimate of drug-likeness (QED) is 0.619. The molecule has 0 aliphatic carbocycles. The molecule has 0 aromatic heterocycles. The molecule has 2 rings (SSSR count). The molecular formula is C12H9BF2. The van der Waals surface area contributed by atoms with Gasteiger partial charge in [0.05, 0.1) is 0 Å². The summed E-state index contributed by atoms with van der Waals surface area (Å²) in [6.07, 6.45) is 0. The van der Waals surface area contributed by atoms with Gasteiger partial charge in [-0.15, -0.1) is 0 Å². The van der Waals surface area contributed by atoms with Gasteiger partial charge in [0.1, 0.15) is 19.5 Å². The van der Waals surface area contributed by atoms with Crippen LogP contribution in [0.5, 0.6) is 0 Å². The van der Waals surface area contributed by atoms with E-state index in [0.29, 0.717) is 11.1 Å². The van der Waals surface area contributed by atoms with Crippen molar-refractivity contribution >= 4 is 13.3 Å². The summed E-state index contributed by atoms with van der Waals surface area (Å²) in [5, 5.41) is 0. The van der Waals surface area contributed by atoms with Crippen molar-refractivity contribution in [2.75, 3.05) is 0 Å². The number of hydrogen-bond donors (Lipinski definition) is 0. The fraction of sp³-hybridized carbons (Fsp3) is 0. The molecule has 2 aromatic carbocycles. The Morgan fingerprint density at radius 1 is 0.867 bits per heavy atom. The smallest absolute Gasteiger partial charge is 0.139 e. The van der Waals surface area contributed by atoms with Crippen molar-refractivity contribution in [2.24, 2.45) is 0 Å². The maximum atomic E-state index is 13.5. The van der Waals surface area contributed by atoms with E-state index in [1.807, 2.05) is 13.9 Å². The van der Waals surface area contributed by atoms with Crippen molar-refractivity contribution in [2.45, 2.75) is 0 Å². The van der Waals surface area contributed by atoms with E-state index in [-0.39, 0.29) is 11.6 Å². The summed E-state index contributed by atoms with van der Waals surface area (Å²) < 4.78 is 26.2. The lowest BCUT2D eigenvalue weighted by Gasteiger charge is -2.04. The van der Waals surface area contributed by atoms with Gasteiger partial charge in [0.2, 0.25) is 0 Å². The molecule has 0 amide bonds. The maximum absolute atomic E-state index is 13.5. The van der Waals surface area contributed by atoms with E-state index in [9.17, 15) is 8.78 Å². The van der Waals surface area contributed by atoms with Crippen LogP contribution in [0.1, 0.15) is 0 Å². The second-order valence-corrected chi connectivity index (χ2v) is 3.49. The molecule has 0 unspecified atom stereocenters. The minimum Gasteiger partial charge on any atom is -0.207 e. The summed E-state index contributed by atoms with van der Waals surface area (Å²) in [4.78, 5) is 0. The van der Waals surface area contributed by atoms with Gasteiger partial charge in [-0.1, -0.05) is 29.7 Å². The maximum Gasteiger partial charge on any atom is 0.139 e. The van der Waals surface area contributed by atoms with Crippen LogP contribution in [0.15, 0.2) is 42.5 Å². The average Bonchev–Trinajstić information content (AvgIpc) is 2.20. The van der Waals surface area contributed by atoms with Crippen LogP contribution < -0.4 is 5.46 Å². The van der Waals surface area contributed by atoms with Gasteiger partial charge < -0.3 is 0 Å². The third kappa shape index (κ3) is 2.06. The lowest BCUT2D eigenvalue weighted by atomic mass is 9.93. The largest absolute Gasteiger partial charge is 0.207 e. The molecule has 0 fully saturated rings. The SMILES string of the molecule is Bc1ccc(-c2ccc(F)cc2)c(F)c1. The van der Waals surface area contributed by atoms with Crippen LogP contribution in [0.4, 0.5) is 8.78 Å². The fourth-order valence-electron chi connectivity index (χ4n) is 1.48. The van der Waals surface area contributed by atoms with Gasteiger partial charge in [0.25, 0.3) is 0 Å². The van der Waals surface area contributed by atoms with Crippen LogP contribution >= 0.6 is 0 Å². The monoisotopic (exact) mass is 202 g/mol. The normalized spacial score (nSPS) is 10.3. The van der Waals surface area contributed by atoms with Gasteiger partial charge in [-0.2, -0.15) is 0 Å². The van der Waals surface area contributed by atoms with Crippen LogP contribution in [0.2, 0.25) is 0 Å². The molecule has 0 bridgehead atoms. The van der Waals surface area contributed by atoms with E-state index in [0.717, 1.165) is 5.46 Å². The summed E-state index contributed by atoms with van der Waals surface area (Å²) in [5.74, 6) is -0.590. The minimum atomic E-state index is -0.314. The van der Waals surface area contributed by atoms with Gasteiger partial charge in [0, 0.05) is 5.56 Å². The van der Waals surface area contributed by atoms with Crippen LogP contribution in [-0.4, -0.2) is 7.85 Å². The summed E-state index contributed by atoms with van der Waals surface area (Å²) in [6, 6.07) is 10.8. The van der Waals surface area contributed by atoms with E-state index in [2.05, 4.69) is 0 Å². The second-order valence-electron chi connectivity index (χ2n) is 3.49. The summed E-state index contributed by atoms with van der Waals surface area (Å²) in [6.45, 7) is 0. The highest BCUT2D eigenvalue weighted by atomic mass is 19.1. The molecule has 0 N–H and O–H groups in total. The highest BCUT2D eigenvalue weighted by Gasteiger charge is 2.04. The Balaban J connectivity index is 2.49. The van der Waals surface area contributed by atoms with E-state index in [1.165, 1.54) is 18.2 Å². The molecular weight excluding hydrogens is 193 g/mol. The third-order valence-electron chi connectivity index (χ3n) is 2.28. The van der Waals surface area contributed by atoms with Crippen LogP contribution in [-0.2, 0) is 0 Å². The van der Waals surface area contributed by atoms with Crippen molar-refractivity contribution in [1.29, 1.82) is 0 Å². The van der Waals surface area contributed by atoms with E-state index < -0.39 is 0 Å². The second kappa shape index (κ2) is 3.85. The van der Waals surface area contributed by atoms with E-state index >= 15 is 0 Å². The predicted molar refractivity (Wildman–Crippen MR) is 60.0 cm³/mol. The van der Waals surface area contributed by atoms with Gasteiger partial charge >= 0.3 is 0 Å². The first-order chi connectivity index (χ1) is 7.16. The summed E-state index contributed by atoms with van der Waals surface area (Å²) >= 11 is 0. The Morgan fingerprint density at radius 3 is 2.13 bits per heavy atom. The van der Waals surface area contributed by atoms with Gasteiger partial charge in [-0.25, -0.2) is 8.78 Å². The fourth-order valence-corrected chi connectivity index (χ4v) is 1.48. The van der Waals surface area contributed by atoms with Crippen molar-refractivity contribution in [1.82, 2.24) is 0 Å². The van der Waals surface area contributed by atoms with E-state index in [4.69, 9.17) is 0 Å². The number of halogens is 2. The molecule has 0 nitrogen and oxygen atoms in total. The standard InChI is InChI=1S/C12H9BF2/c13-9-3-6-11(12(15)7-9)8-1-4-10(14)5-2-8/h1-7H,13H2. The molecule has 0 saturated heterocycles. The Labute approximate surface area is 88.0 Å². The Kier molecular flexibility index (Phi) is 2.54. The van der Waals surface area contributed by atoms with Gasteiger partial charge in [-0.05, 0) is 23.8 Å². The first kappa shape index (κ1) is 9.90. The first-order valence-corrected chi connectivity index (χ1v) is 4.69. The molecule has 74 valence electrons. The number of hydrogen-bond acceptors (Lipinski definition) is 0. The molecule has 0 atom stereocenters. The first-order valence-electron chi connectivity index (χ1n) is 4.69. The predicted octanol–water partition coefficient (Wildman–Crippen LogP) is 1.89. The average molecular weight is 202 g/mol. The van der Waals surface area contributed by atoms with Crippen molar-refractivity contribution in [3.8, 4) is 11.1 Å². The zero-order valence-electron chi connectivity index (χ0n) is 8.30. The Morgan fingerprint density at radius 2 is 1.53 bits per heavy atom. The molecule has 0 aliphatic rings. The Hall–Kier alpha value is -1.64. The van der Waals surface area contributed by atoms with Crippen LogP contribution in [0.25, 0.3) is 11.1 Å². The molecule has 0 spiro atoms. The third-order valence-corrected chi connectivity index (χ3v) is 2.28. The lowest BCUT2D eigenvalue weighted by Crippen LogP contribution is -2.02. The molecule has 15 heavy (non-hydrogen) atoms. The highest BCUT2D eigenvalue weighted by molar-refractivity contribution is 6.32. The molecule has 0 aliphatic heterocycles. The van der Waals surface area contributed by atoms with Crippen LogP contribution in [0, 0.1) is 11.6 Å². The molecule has 0 radical (unpaired) electrons. The minimum absolute atomic E-state index is 0.276. The Bertz CT molecular complexity index is 477. The molecule has 0 saturated carbocycles.